The molecule has 6 heteroatoms. The summed E-state index contributed by atoms with van der Waals surface area (Å²) < 4.78 is 16.4. The normalized spacial score (nSPS) is 50.4. The van der Waals surface area contributed by atoms with Crippen LogP contribution in [0.15, 0.2) is 0 Å². The molecule has 0 bridgehead atoms. The lowest BCUT2D eigenvalue weighted by atomic mass is 10.1. The van der Waals surface area contributed by atoms with Gasteiger partial charge in [0, 0.05) is 6.92 Å². The highest BCUT2D eigenvalue weighted by atomic mass is 32.2. The van der Waals surface area contributed by atoms with Gasteiger partial charge in [0.15, 0.2) is 6.29 Å². The standard InChI is InChI=1S/C9H16O5S/c1-3-15-9(2)13-7-6(11)5(10)4-12-8(7)14-9/h5-8,10-11H,3-4H2,1-2H3/t5-,6+,7-,8-,9+/m1/s1. The molecule has 15 heavy (non-hydrogen) atoms. The third-order valence-corrected chi connectivity index (χ3v) is 3.52. The number of thioether (sulfide) groups is 1. The second-order valence-electron chi connectivity index (χ2n) is 3.76. The van der Waals surface area contributed by atoms with Crippen molar-refractivity contribution in [2.24, 2.45) is 0 Å². The van der Waals surface area contributed by atoms with Crippen molar-refractivity contribution < 1.29 is 24.4 Å². The molecule has 0 aromatic heterocycles. The Kier molecular flexibility index (Phi) is 3.25. The van der Waals surface area contributed by atoms with Crippen LogP contribution in [0.4, 0.5) is 0 Å². The van der Waals surface area contributed by atoms with E-state index in [4.69, 9.17) is 14.2 Å². The van der Waals surface area contributed by atoms with Crippen LogP contribution in [-0.4, -0.2) is 52.3 Å². The molecule has 2 N–H and O–H groups in total. The van der Waals surface area contributed by atoms with E-state index in [-0.39, 0.29) is 6.61 Å². The molecule has 0 aromatic carbocycles. The molecule has 0 amide bonds. The number of aliphatic hydroxyl groups excluding tert-OH is 2. The highest BCUT2D eigenvalue weighted by Crippen LogP contribution is 2.41. The average Bonchev–Trinajstić information content (AvgIpc) is 2.50. The van der Waals surface area contributed by atoms with Gasteiger partial charge < -0.3 is 24.4 Å². The van der Waals surface area contributed by atoms with Gasteiger partial charge in [0.25, 0.3) is 0 Å². The van der Waals surface area contributed by atoms with Gasteiger partial charge in [-0.15, -0.1) is 0 Å². The lowest BCUT2D eigenvalue weighted by Crippen LogP contribution is -2.51. The lowest BCUT2D eigenvalue weighted by molar-refractivity contribution is -0.211. The molecule has 2 heterocycles. The number of rotatable bonds is 2. The van der Waals surface area contributed by atoms with E-state index in [2.05, 4.69) is 0 Å². The van der Waals surface area contributed by atoms with E-state index in [1.165, 1.54) is 11.8 Å². The van der Waals surface area contributed by atoms with Crippen molar-refractivity contribution in [2.45, 2.75) is 43.6 Å². The molecule has 2 fully saturated rings. The Morgan fingerprint density at radius 3 is 2.80 bits per heavy atom. The van der Waals surface area contributed by atoms with Gasteiger partial charge in [0.1, 0.15) is 18.3 Å². The van der Waals surface area contributed by atoms with Crippen LogP contribution in [0.1, 0.15) is 13.8 Å². The third kappa shape index (κ3) is 2.15. The van der Waals surface area contributed by atoms with Crippen LogP contribution in [0, 0.1) is 0 Å². The molecule has 0 aromatic rings. The van der Waals surface area contributed by atoms with Crippen LogP contribution in [0.25, 0.3) is 0 Å². The summed E-state index contributed by atoms with van der Waals surface area (Å²) in [6.07, 6.45) is -3.02. The fraction of sp³-hybridized carbons (Fsp3) is 1.00. The molecular weight excluding hydrogens is 220 g/mol. The summed E-state index contributed by atoms with van der Waals surface area (Å²) in [6, 6.07) is 0. The Hall–Kier alpha value is 0.150. The minimum atomic E-state index is -0.942. The molecule has 0 unspecified atom stereocenters. The second-order valence-corrected chi connectivity index (χ2v) is 5.36. The van der Waals surface area contributed by atoms with Crippen molar-refractivity contribution in [3.05, 3.63) is 0 Å². The molecule has 0 spiro atoms. The Morgan fingerprint density at radius 1 is 1.40 bits per heavy atom. The Labute approximate surface area is 92.7 Å². The predicted octanol–water partition coefficient (Wildman–Crippen LogP) is -0.0933. The van der Waals surface area contributed by atoms with Gasteiger partial charge in [-0.05, 0) is 5.75 Å². The summed E-state index contributed by atoms with van der Waals surface area (Å²) in [5, 5.41) is 18.3. The van der Waals surface area contributed by atoms with E-state index in [1.807, 2.05) is 6.92 Å². The minimum Gasteiger partial charge on any atom is -0.388 e. The first kappa shape index (κ1) is 11.6. The summed E-state index contributed by atoms with van der Waals surface area (Å²) in [4.78, 5) is 0. The van der Waals surface area contributed by atoms with E-state index >= 15 is 0 Å². The summed E-state index contributed by atoms with van der Waals surface area (Å²) in [6.45, 7) is 3.87. The van der Waals surface area contributed by atoms with Gasteiger partial charge in [0.05, 0.1) is 6.61 Å². The summed E-state index contributed by atoms with van der Waals surface area (Å²) in [7, 11) is 0. The van der Waals surface area contributed by atoms with Crippen molar-refractivity contribution in [3.63, 3.8) is 0 Å². The van der Waals surface area contributed by atoms with Gasteiger partial charge in [0.2, 0.25) is 5.12 Å². The fourth-order valence-electron chi connectivity index (χ4n) is 1.81. The maximum Gasteiger partial charge on any atom is 0.218 e. The highest BCUT2D eigenvalue weighted by Gasteiger charge is 2.52. The summed E-state index contributed by atoms with van der Waals surface area (Å²) in [5.41, 5.74) is 0. The molecule has 0 radical (unpaired) electrons. The highest BCUT2D eigenvalue weighted by molar-refractivity contribution is 8.00. The zero-order valence-corrected chi connectivity index (χ0v) is 9.57. The van der Waals surface area contributed by atoms with Crippen LogP contribution < -0.4 is 0 Å². The zero-order valence-electron chi connectivity index (χ0n) is 8.75. The monoisotopic (exact) mass is 236 g/mol. The average molecular weight is 236 g/mol. The quantitative estimate of drug-likeness (QED) is 0.698. The number of hydrogen-bond acceptors (Lipinski definition) is 6. The maximum atomic E-state index is 9.70. The first-order valence-electron chi connectivity index (χ1n) is 5.03. The van der Waals surface area contributed by atoms with E-state index in [0.717, 1.165) is 5.75 Å². The van der Waals surface area contributed by atoms with Gasteiger partial charge >= 0.3 is 0 Å². The SMILES string of the molecule is CCS[C@]1(C)O[C@H]2OC[C@@H](O)[C@H](O)[C@H]2O1. The fourth-order valence-corrected chi connectivity index (χ4v) is 2.68. The van der Waals surface area contributed by atoms with Crippen molar-refractivity contribution in [1.82, 2.24) is 0 Å². The molecule has 2 aliphatic heterocycles. The molecule has 0 aliphatic carbocycles. The van der Waals surface area contributed by atoms with Crippen LogP contribution in [0.2, 0.25) is 0 Å². The number of ether oxygens (including phenoxy) is 3. The van der Waals surface area contributed by atoms with Crippen LogP contribution in [-0.2, 0) is 14.2 Å². The van der Waals surface area contributed by atoms with Crippen LogP contribution in [0.3, 0.4) is 0 Å². The third-order valence-electron chi connectivity index (χ3n) is 2.52. The first-order chi connectivity index (χ1) is 7.06. The number of hydrogen-bond donors (Lipinski definition) is 2. The van der Waals surface area contributed by atoms with E-state index < -0.39 is 29.7 Å². The first-order valence-corrected chi connectivity index (χ1v) is 6.01. The molecule has 2 saturated heterocycles. The van der Waals surface area contributed by atoms with Crippen LogP contribution >= 0.6 is 11.8 Å². The van der Waals surface area contributed by atoms with Gasteiger partial charge in [-0.25, -0.2) is 0 Å². The van der Waals surface area contributed by atoms with Crippen molar-refractivity contribution >= 4 is 11.8 Å². The molecule has 5 atom stereocenters. The van der Waals surface area contributed by atoms with Gasteiger partial charge in [-0.2, -0.15) is 0 Å². The maximum absolute atomic E-state index is 9.70. The van der Waals surface area contributed by atoms with E-state index in [1.54, 1.807) is 6.92 Å². The molecule has 2 rings (SSSR count). The van der Waals surface area contributed by atoms with Crippen molar-refractivity contribution in [3.8, 4) is 0 Å². The zero-order chi connectivity index (χ0) is 11.1. The minimum absolute atomic E-state index is 0.0819. The summed E-state index contributed by atoms with van der Waals surface area (Å²) >= 11 is 1.49. The Bertz CT molecular complexity index is 239. The van der Waals surface area contributed by atoms with Crippen molar-refractivity contribution in [1.29, 1.82) is 0 Å². The topological polar surface area (TPSA) is 68.2 Å². The smallest absolute Gasteiger partial charge is 0.218 e. The van der Waals surface area contributed by atoms with Crippen LogP contribution in [0.5, 0.6) is 0 Å². The number of aliphatic hydroxyl groups is 2. The van der Waals surface area contributed by atoms with E-state index in [9.17, 15) is 10.2 Å². The Morgan fingerprint density at radius 2 is 2.13 bits per heavy atom. The van der Waals surface area contributed by atoms with E-state index in [0.29, 0.717) is 0 Å². The van der Waals surface area contributed by atoms with Crippen molar-refractivity contribution in [2.75, 3.05) is 12.4 Å². The second kappa shape index (κ2) is 4.20. The van der Waals surface area contributed by atoms with Gasteiger partial charge in [-0.3, -0.25) is 0 Å². The molecule has 88 valence electrons. The molecule has 0 saturated carbocycles. The molecule has 5 nitrogen and oxygen atoms in total. The predicted molar refractivity (Wildman–Crippen MR) is 54.2 cm³/mol. The lowest BCUT2D eigenvalue weighted by Gasteiger charge is -2.31. The largest absolute Gasteiger partial charge is 0.388 e. The number of fused-ring (bicyclic) bond motifs is 1. The van der Waals surface area contributed by atoms with Gasteiger partial charge in [-0.1, -0.05) is 18.7 Å². The summed E-state index contributed by atoms with van der Waals surface area (Å²) in [5.74, 6) is 0.842. The molecular formula is C9H16O5S. The Balaban J connectivity index is 2.05. The molecule has 2 aliphatic rings.